The van der Waals surface area contributed by atoms with Crippen LogP contribution in [0.2, 0.25) is 0 Å². The van der Waals surface area contributed by atoms with Gasteiger partial charge >= 0.3 is 0 Å². The molecule has 1 rings (SSSR count). The highest BCUT2D eigenvalue weighted by atomic mass is 79.9. The third-order valence-corrected chi connectivity index (χ3v) is 3.19. The van der Waals surface area contributed by atoms with E-state index in [-0.39, 0.29) is 5.56 Å². The van der Waals surface area contributed by atoms with Crippen molar-refractivity contribution in [3.8, 4) is 0 Å². The first-order valence-corrected chi connectivity index (χ1v) is 5.83. The molecule has 0 amide bonds. The lowest BCUT2D eigenvalue weighted by atomic mass is 10.0. The van der Waals surface area contributed by atoms with Gasteiger partial charge in [0, 0.05) is 12.7 Å². The second kappa shape index (κ2) is 5.35. The number of nitrogens with zero attached hydrogens (tertiary/aromatic N) is 1. The van der Waals surface area contributed by atoms with Gasteiger partial charge in [0.2, 0.25) is 0 Å². The van der Waals surface area contributed by atoms with Crippen molar-refractivity contribution in [2.24, 2.45) is 5.92 Å². The second-order valence-corrected chi connectivity index (χ2v) is 4.35. The van der Waals surface area contributed by atoms with Gasteiger partial charge in [-0.15, -0.1) is 0 Å². The van der Waals surface area contributed by atoms with E-state index in [0.29, 0.717) is 10.4 Å². The van der Waals surface area contributed by atoms with Crippen LogP contribution >= 0.6 is 15.9 Å². The van der Waals surface area contributed by atoms with E-state index in [1.165, 1.54) is 0 Å². The lowest BCUT2D eigenvalue weighted by Gasteiger charge is -2.13. The number of hydrogen-bond donors (Lipinski definition) is 0. The molecular formula is C11H16BrNO. The van der Waals surface area contributed by atoms with Crippen LogP contribution in [0.15, 0.2) is 27.6 Å². The first kappa shape index (κ1) is 11.5. The van der Waals surface area contributed by atoms with Crippen molar-refractivity contribution < 1.29 is 0 Å². The summed E-state index contributed by atoms with van der Waals surface area (Å²) in [5, 5.41) is 0. The Morgan fingerprint density at radius 2 is 2.07 bits per heavy atom. The Hall–Kier alpha value is -0.570. The van der Waals surface area contributed by atoms with Gasteiger partial charge < -0.3 is 4.57 Å². The van der Waals surface area contributed by atoms with Crippen LogP contribution in [0.1, 0.15) is 26.7 Å². The Kier molecular flexibility index (Phi) is 4.39. The third kappa shape index (κ3) is 2.71. The van der Waals surface area contributed by atoms with Crippen molar-refractivity contribution in [1.82, 2.24) is 4.57 Å². The maximum absolute atomic E-state index is 11.7. The standard InChI is InChI=1S/C11H16BrNO/c1-3-9(4-2)8-13-7-5-6-10(12)11(13)14/h5-7,9H,3-4,8H2,1-2H3. The molecule has 0 aliphatic rings. The van der Waals surface area contributed by atoms with Crippen molar-refractivity contribution in [2.75, 3.05) is 0 Å². The van der Waals surface area contributed by atoms with Gasteiger partial charge in [-0.1, -0.05) is 26.7 Å². The molecule has 0 bridgehead atoms. The highest BCUT2D eigenvalue weighted by Crippen LogP contribution is 2.10. The highest BCUT2D eigenvalue weighted by molar-refractivity contribution is 9.10. The molecule has 0 atom stereocenters. The minimum absolute atomic E-state index is 0.0689. The SMILES string of the molecule is CCC(CC)Cn1cccc(Br)c1=O. The molecule has 0 aromatic carbocycles. The van der Waals surface area contributed by atoms with E-state index in [1.807, 2.05) is 12.3 Å². The van der Waals surface area contributed by atoms with E-state index in [2.05, 4.69) is 29.8 Å². The lowest BCUT2D eigenvalue weighted by Crippen LogP contribution is -2.23. The summed E-state index contributed by atoms with van der Waals surface area (Å²) in [7, 11) is 0. The van der Waals surface area contributed by atoms with Gasteiger partial charge in [0.25, 0.3) is 5.56 Å². The number of halogens is 1. The van der Waals surface area contributed by atoms with Crippen LogP contribution in [0, 0.1) is 5.92 Å². The lowest BCUT2D eigenvalue weighted by molar-refractivity contribution is 0.411. The second-order valence-electron chi connectivity index (χ2n) is 3.50. The number of rotatable bonds is 4. The van der Waals surface area contributed by atoms with Gasteiger partial charge in [-0.25, -0.2) is 0 Å². The van der Waals surface area contributed by atoms with E-state index in [0.717, 1.165) is 19.4 Å². The molecule has 0 aliphatic heterocycles. The Bertz CT molecular complexity index is 341. The quantitative estimate of drug-likeness (QED) is 0.813. The molecule has 2 nitrogen and oxygen atoms in total. The van der Waals surface area contributed by atoms with E-state index >= 15 is 0 Å². The molecule has 1 heterocycles. The van der Waals surface area contributed by atoms with E-state index in [4.69, 9.17) is 0 Å². The molecule has 1 aromatic rings. The molecule has 0 fully saturated rings. The van der Waals surface area contributed by atoms with Gasteiger partial charge in [0.1, 0.15) is 0 Å². The van der Waals surface area contributed by atoms with Crippen LogP contribution in [0.5, 0.6) is 0 Å². The maximum Gasteiger partial charge on any atom is 0.264 e. The number of pyridine rings is 1. The minimum atomic E-state index is 0.0689. The first-order chi connectivity index (χ1) is 6.69. The summed E-state index contributed by atoms with van der Waals surface area (Å²) in [6.07, 6.45) is 4.09. The molecule has 1 aromatic heterocycles. The zero-order chi connectivity index (χ0) is 10.6. The highest BCUT2D eigenvalue weighted by Gasteiger charge is 2.06. The fraction of sp³-hybridized carbons (Fsp3) is 0.545. The molecule has 0 saturated heterocycles. The van der Waals surface area contributed by atoms with Gasteiger partial charge in [-0.3, -0.25) is 4.79 Å². The summed E-state index contributed by atoms with van der Waals surface area (Å²) in [6.45, 7) is 5.15. The van der Waals surface area contributed by atoms with E-state index < -0.39 is 0 Å². The molecule has 3 heteroatoms. The normalized spacial score (nSPS) is 10.9. The molecule has 0 N–H and O–H groups in total. The summed E-state index contributed by atoms with van der Waals surface area (Å²) in [6, 6.07) is 3.68. The zero-order valence-electron chi connectivity index (χ0n) is 8.66. The molecule has 0 radical (unpaired) electrons. The fourth-order valence-electron chi connectivity index (χ4n) is 1.48. The van der Waals surface area contributed by atoms with Crippen LogP contribution < -0.4 is 5.56 Å². The zero-order valence-corrected chi connectivity index (χ0v) is 10.3. The summed E-state index contributed by atoms with van der Waals surface area (Å²) >= 11 is 3.25. The summed E-state index contributed by atoms with van der Waals surface area (Å²) in [4.78, 5) is 11.7. The largest absolute Gasteiger partial charge is 0.314 e. The smallest absolute Gasteiger partial charge is 0.264 e. The molecule has 0 saturated carbocycles. The van der Waals surface area contributed by atoms with Crippen LogP contribution in [0.3, 0.4) is 0 Å². The summed E-state index contributed by atoms with van der Waals surface area (Å²) < 4.78 is 2.42. The van der Waals surface area contributed by atoms with Crippen molar-refractivity contribution in [3.63, 3.8) is 0 Å². The molecular weight excluding hydrogens is 242 g/mol. The average molecular weight is 258 g/mol. The Morgan fingerprint density at radius 1 is 1.43 bits per heavy atom. The van der Waals surface area contributed by atoms with Gasteiger partial charge in [-0.05, 0) is 34.0 Å². The molecule has 0 spiro atoms. The number of aromatic nitrogens is 1. The van der Waals surface area contributed by atoms with Crippen LogP contribution in [0.4, 0.5) is 0 Å². The van der Waals surface area contributed by atoms with Crippen molar-refractivity contribution >= 4 is 15.9 Å². The summed E-state index contributed by atoms with van der Waals surface area (Å²) in [5.74, 6) is 0.599. The Balaban J connectivity index is 2.86. The molecule has 0 aliphatic carbocycles. The van der Waals surface area contributed by atoms with Gasteiger partial charge in [0.05, 0.1) is 4.47 Å². The predicted octanol–water partition coefficient (Wildman–Crippen LogP) is 3.05. The monoisotopic (exact) mass is 257 g/mol. The van der Waals surface area contributed by atoms with Crippen LogP contribution in [-0.4, -0.2) is 4.57 Å². The maximum atomic E-state index is 11.7. The Labute approximate surface area is 93.1 Å². The topological polar surface area (TPSA) is 22.0 Å². The van der Waals surface area contributed by atoms with Crippen molar-refractivity contribution in [3.05, 3.63) is 33.2 Å². The Morgan fingerprint density at radius 3 is 2.64 bits per heavy atom. The van der Waals surface area contributed by atoms with Gasteiger partial charge in [0.15, 0.2) is 0 Å². The molecule has 0 unspecified atom stereocenters. The first-order valence-electron chi connectivity index (χ1n) is 5.04. The molecule has 14 heavy (non-hydrogen) atoms. The van der Waals surface area contributed by atoms with E-state index in [9.17, 15) is 4.79 Å². The summed E-state index contributed by atoms with van der Waals surface area (Å²) in [5.41, 5.74) is 0.0689. The predicted molar refractivity (Wildman–Crippen MR) is 62.5 cm³/mol. The van der Waals surface area contributed by atoms with Crippen LogP contribution in [0.25, 0.3) is 0 Å². The van der Waals surface area contributed by atoms with Crippen molar-refractivity contribution in [1.29, 1.82) is 0 Å². The number of hydrogen-bond acceptors (Lipinski definition) is 1. The fourth-order valence-corrected chi connectivity index (χ4v) is 1.86. The average Bonchev–Trinajstić information content (AvgIpc) is 2.20. The van der Waals surface area contributed by atoms with Crippen LogP contribution in [-0.2, 0) is 6.54 Å². The van der Waals surface area contributed by atoms with Crippen molar-refractivity contribution in [2.45, 2.75) is 33.2 Å². The minimum Gasteiger partial charge on any atom is -0.314 e. The molecule has 78 valence electrons. The third-order valence-electron chi connectivity index (χ3n) is 2.58. The van der Waals surface area contributed by atoms with E-state index in [1.54, 1.807) is 10.6 Å². The van der Waals surface area contributed by atoms with Gasteiger partial charge in [-0.2, -0.15) is 0 Å².